The van der Waals surface area contributed by atoms with Crippen LogP contribution in [0.3, 0.4) is 0 Å². The number of benzene rings is 1. The van der Waals surface area contributed by atoms with Gasteiger partial charge < -0.3 is 10.1 Å². The van der Waals surface area contributed by atoms with E-state index in [-0.39, 0.29) is 0 Å². The van der Waals surface area contributed by atoms with Crippen LogP contribution in [0.25, 0.3) is 0 Å². The van der Waals surface area contributed by atoms with Crippen LogP contribution in [0.5, 0.6) is 0 Å². The van der Waals surface area contributed by atoms with E-state index in [1.807, 2.05) is 0 Å². The second-order valence-electron chi connectivity index (χ2n) is 6.58. The van der Waals surface area contributed by atoms with E-state index in [0.717, 1.165) is 32.0 Å². The number of methoxy groups -OCH3 is 1. The van der Waals surface area contributed by atoms with Crippen molar-refractivity contribution in [2.75, 3.05) is 26.2 Å². The standard InChI is InChI=1S/C15H22BrNO.2CH4O3S/c1-11-13(4-3-7-18-2)8-12(9-15(11)16)10-17-14-5-6-14;2*1-5(2,3)4/h8-9,14,17H,3-7,10H2,1-2H3;2*1H3,(H,2,3,4). The van der Waals surface area contributed by atoms with Crippen LogP contribution in [0, 0.1) is 6.92 Å². The third-order valence-corrected chi connectivity index (χ3v) is 4.30. The fourth-order valence-corrected chi connectivity index (χ4v) is 2.67. The molecule has 0 spiro atoms. The van der Waals surface area contributed by atoms with Crippen molar-refractivity contribution in [1.82, 2.24) is 5.32 Å². The molecule has 0 bridgehead atoms. The first-order valence-electron chi connectivity index (χ1n) is 8.55. The van der Waals surface area contributed by atoms with E-state index >= 15 is 0 Å². The SMILES string of the molecule is COCCCc1cc(CNC2CC2)cc(Br)c1C.CS(=O)(=O)O.CS(=O)(=O)O. The summed E-state index contributed by atoms with van der Waals surface area (Å²) >= 11 is 3.67. The summed E-state index contributed by atoms with van der Waals surface area (Å²) in [5.41, 5.74) is 4.18. The van der Waals surface area contributed by atoms with Gasteiger partial charge in [-0.1, -0.05) is 22.0 Å². The number of halogens is 1. The lowest BCUT2D eigenvalue weighted by atomic mass is 10.0. The Kier molecular flexibility index (Phi) is 12.6. The molecular formula is C17H30BrNO7S2. The molecule has 0 aromatic heterocycles. The van der Waals surface area contributed by atoms with Crippen LogP contribution in [0.4, 0.5) is 0 Å². The molecule has 2 rings (SSSR count). The van der Waals surface area contributed by atoms with E-state index in [1.165, 1.54) is 34.0 Å². The maximum Gasteiger partial charge on any atom is 0.261 e. The topological polar surface area (TPSA) is 130 Å². The minimum atomic E-state index is -3.67. The Labute approximate surface area is 176 Å². The molecule has 0 unspecified atom stereocenters. The van der Waals surface area contributed by atoms with Crippen LogP contribution < -0.4 is 5.32 Å². The first-order chi connectivity index (χ1) is 12.7. The number of hydrogen-bond donors (Lipinski definition) is 3. The zero-order valence-corrected chi connectivity index (χ0v) is 19.8. The van der Waals surface area contributed by atoms with E-state index in [2.05, 4.69) is 40.3 Å². The quantitative estimate of drug-likeness (QED) is 0.382. The normalized spacial score (nSPS) is 13.8. The van der Waals surface area contributed by atoms with Gasteiger partial charge >= 0.3 is 0 Å². The summed E-state index contributed by atoms with van der Waals surface area (Å²) in [5.74, 6) is 0. The van der Waals surface area contributed by atoms with Gasteiger partial charge in [-0.2, -0.15) is 16.8 Å². The molecule has 0 amide bonds. The summed E-state index contributed by atoms with van der Waals surface area (Å²) in [6.07, 6.45) is 6.29. The minimum absolute atomic E-state index is 0.715. The van der Waals surface area contributed by atoms with Gasteiger partial charge in [0.1, 0.15) is 0 Å². The van der Waals surface area contributed by atoms with E-state index in [1.54, 1.807) is 7.11 Å². The van der Waals surface area contributed by atoms with E-state index in [4.69, 9.17) is 13.8 Å². The average Bonchev–Trinajstić information content (AvgIpc) is 3.31. The number of nitrogens with one attached hydrogen (secondary N) is 1. The Morgan fingerprint density at radius 3 is 2.07 bits per heavy atom. The monoisotopic (exact) mass is 503 g/mol. The molecule has 164 valence electrons. The van der Waals surface area contributed by atoms with Gasteiger partial charge in [-0.25, -0.2) is 0 Å². The number of hydrogen-bond acceptors (Lipinski definition) is 6. The van der Waals surface area contributed by atoms with Gasteiger partial charge in [-0.05, 0) is 55.4 Å². The van der Waals surface area contributed by atoms with Crippen molar-refractivity contribution in [2.24, 2.45) is 0 Å². The lowest BCUT2D eigenvalue weighted by Crippen LogP contribution is -2.15. The van der Waals surface area contributed by atoms with E-state index in [9.17, 15) is 16.8 Å². The molecule has 1 fully saturated rings. The van der Waals surface area contributed by atoms with Gasteiger partial charge in [0.15, 0.2) is 0 Å². The summed E-state index contributed by atoms with van der Waals surface area (Å²) in [7, 11) is -5.57. The van der Waals surface area contributed by atoms with Crippen molar-refractivity contribution < 1.29 is 30.7 Å². The van der Waals surface area contributed by atoms with E-state index in [0.29, 0.717) is 12.5 Å². The molecule has 3 N–H and O–H groups in total. The highest BCUT2D eigenvalue weighted by Crippen LogP contribution is 2.25. The smallest absolute Gasteiger partial charge is 0.261 e. The lowest BCUT2D eigenvalue weighted by molar-refractivity contribution is 0.195. The zero-order chi connectivity index (χ0) is 22.0. The van der Waals surface area contributed by atoms with Gasteiger partial charge in [0.2, 0.25) is 0 Å². The van der Waals surface area contributed by atoms with Crippen molar-refractivity contribution in [1.29, 1.82) is 0 Å². The van der Waals surface area contributed by atoms with E-state index < -0.39 is 20.2 Å². The molecule has 11 heteroatoms. The predicted octanol–water partition coefficient (Wildman–Crippen LogP) is 2.60. The zero-order valence-electron chi connectivity index (χ0n) is 16.6. The summed E-state index contributed by atoms with van der Waals surface area (Å²) in [5, 5.41) is 3.57. The highest BCUT2D eigenvalue weighted by Gasteiger charge is 2.20. The maximum atomic E-state index is 9.19. The van der Waals surface area contributed by atoms with Gasteiger partial charge in [0.25, 0.3) is 20.2 Å². The third kappa shape index (κ3) is 18.8. The van der Waals surface area contributed by atoms with Crippen LogP contribution in [0.2, 0.25) is 0 Å². The van der Waals surface area contributed by atoms with Crippen molar-refractivity contribution in [3.63, 3.8) is 0 Å². The van der Waals surface area contributed by atoms with Gasteiger partial charge in [-0.3, -0.25) is 9.11 Å². The van der Waals surface area contributed by atoms with Crippen LogP contribution in [-0.4, -0.2) is 58.2 Å². The van der Waals surface area contributed by atoms with Gasteiger partial charge in [0, 0.05) is 30.8 Å². The molecule has 1 aromatic rings. The Morgan fingerprint density at radius 1 is 1.14 bits per heavy atom. The molecule has 1 aromatic carbocycles. The molecule has 8 nitrogen and oxygen atoms in total. The molecule has 0 aliphatic heterocycles. The van der Waals surface area contributed by atoms with Crippen molar-refractivity contribution in [2.45, 2.75) is 45.2 Å². The fourth-order valence-electron chi connectivity index (χ4n) is 2.12. The molecule has 0 heterocycles. The Bertz CT molecular complexity index is 761. The van der Waals surface area contributed by atoms with Gasteiger partial charge in [-0.15, -0.1) is 0 Å². The molecule has 1 saturated carbocycles. The summed E-state index contributed by atoms with van der Waals surface area (Å²) in [6, 6.07) is 5.34. The minimum Gasteiger partial charge on any atom is -0.385 e. The lowest BCUT2D eigenvalue weighted by Gasteiger charge is -2.12. The second kappa shape index (κ2) is 12.9. The molecule has 1 aliphatic carbocycles. The Morgan fingerprint density at radius 2 is 1.64 bits per heavy atom. The van der Waals surface area contributed by atoms with Crippen LogP contribution in [0.1, 0.15) is 36.0 Å². The largest absolute Gasteiger partial charge is 0.385 e. The molecule has 1 aliphatic rings. The highest BCUT2D eigenvalue weighted by atomic mass is 79.9. The Balaban J connectivity index is 0.000000607. The van der Waals surface area contributed by atoms with Crippen molar-refractivity contribution >= 4 is 36.2 Å². The number of ether oxygens (including phenoxy) is 1. The molecule has 0 radical (unpaired) electrons. The molecule has 28 heavy (non-hydrogen) atoms. The number of rotatable bonds is 7. The van der Waals surface area contributed by atoms with Crippen LogP contribution in [-0.2, 0) is 37.9 Å². The maximum absolute atomic E-state index is 9.19. The van der Waals surface area contributed by atoms with Crippen LogP contribution >= 0.6 is 15.9 Å². The fraction of sp³-hybridized carbons (Fsp3) is 0.647. The van der Waals surface area contributed by atoms with Crippen LogP contribution in [0.15, 0.2) is 16.6 Å². The average molecular weight is 504 g/mol. The van der Waals surface area contributed by atoms with Crippen molar-refractivity contribution in [3.05, 3.63) is 33.3 Å². The highest BCUT2D eigenvalue weighted by molar-refractivity contribution is 9.10. The summed E-state index contributed by atoms with van der Waals surface area (Å²) < 4.78 is 58.1. The molecule has 0 saturated heterocycles. The molecular weight excluding hydrogens is 474 g/mol. The molecule has 0 atom stereocenters. The Hall–Kier alpha value is -0.560. The first kappa shape index (κ1) is 27.4. The second-order valence-corrected chi connectivity index (χ2v) is 10.4. The predicted molar refractivity (Wildman–Crippen MR) is 114 cm³/mol. The summed E-state index contributed by atoms with van der Waals surface area (Å²) in [6.45, 7) is 4.01. The summed E-state index contributed by atoms with van der Waals surface area (Å²) in [4.78, 5) is 0. The number of aryl methyl sites for hydroxylation is 1. The van der Waals surface area contributed by atoms with Crippen molar-refractivity contribution in [3.8, 4) is 0 Å². The first-order valence-corrected chi connectivity index (χ1v) is 13.0. The van der Waals surface area contributed by atoms with Gasteiger partial charge in [0.05, 0.1) is 12.5 Å². The third-order valence-electron chi connectivity index (χ3n) is 3.48.